The van der Waals surface area contributed by atoms with Crippen LogP contribution in [-0.2, 0) is 6.61 Å². The lowest BCUT2D eigenvalue weighted by atomic mass is 10.1. The van der Waals surface area contributed by atoms with Gasteiger partial charge in [-0.15, -0.1) is 0 Å². The maximum absolute atomic E-state index is 8.52. The van der Waals surface area contributed by atoms with Crippen LogP contribution in [0.15, 0.2) is 77.2 Å². The molecule has 0 aliphatic carbocycles. The number of aromatic nitrogens is 1. The molecule has 0 amide bonds. The van der Waals surface area contributed by atoms with Gasteiger partial charge in [0.05, 0.1) is 6.07 Å². The second-order valence-corrected chi connectivity index (χ2v) is 5.55. The van der Waals surface area contributed by atoms with Crippen LogP contribution in [0.3, 0.4) is 0 Å². The molecule has 1 aromatic heterocycles. The molecular formula is C22H18N2O2. The summed E-state index contributed by atoms with van der Waals surface area (Å²) in [6.45, 7) is 2.14. The van der Waals surface area contributed by atoms with Crippen molar-refractivity contribution >= 4 is 6.08 Å². The number of para-hydroxylation sites is 1. The molecule has 0 bridgehead atoms. The van der Waals surface area contributed by atoms with E-state index in [0.717, 1.165) is 28.3 Å². The van der Waals surface area contributed by atoms with Crippen LogP contribution in [0.1, 0.15) is 17.2 Å². The molecule has 2 aromatic carbocycles. The molecule has 0 N–H and O–H groups in total. The highest BCUT2D eigenvalue weighted by Gasteiger charge is 2.12. The molecule has 0 aliphatic heterocycles. The summed E-state index contributed by atoms with van der Waals surface area (Å²) in [6, 6.07) is 19.6. The van der Waals surface area contributed by atoms with Gasteiger partial charge in [-0.25, -0.2) is 4.98 Å². The van der Waals surface area contributed by atoms with E-state index in [1.807, 2.05) is 73.7 Å². The Bertz CT molecular complexity index is 963. The SMILES string of the molecule is Cc1oc(COc2ccccc2C=CC=CC#N)nc1-c1ccccc1. The highest BCUT2D eigenvalue weighted by atomic mass is 16.5. The quantitative estimate of drug-likeness (QED) is 0.449. The van der Waals surface area contributed by atoms with Crippen molar-refractivity contribution in [3.8, 4) is 23.1 Å². The first-order valence-electron chi connectivity index (χ1n) is 8.24. The van der Waals surface area contributed by atoms with E-state index in [0.29, 0.717) is 5.89 Å². The number of nitrogens with zero attached hydrogens (tertiary/aromatic N) is 2. The first-order valence-corrected chi connectivity index (χ1v) is 8.24. The lowest BCUT2D eigenvalue weighted by Crippen LogP contribution is -1.97. The van der Waals surface area contributed by atoms with Gasteiger partial charge in [-0.2, -0.15) is 5.26 Å². The monoisotopic (exact) mass is 342 g/mol. The first-order chi connectivity index (χ1) is 12.8. The van der Waals surface area contributed by atoms with Gasteiger partial charge in [0.1, 0.15) is 17.2 Å². The van der Waals surface area contributed by atoms with Gasteiger partial charge in [0.15, 0.2) is 6.61 Å². The summed E-state index contributed by atoms with van der Waals surface area (Å²) < 4.78 is 11.6. The van der Waals surface area contributed by atoms with Crippen molar-refractivity contribution in [2.75, 3.05) is 0 Å². The topological polar surface area (TPSA) is 59.0 Å². The fraction of sp³-hybridized carbons (Fsp3) is 0.0909. The maximum atomic E-state index is 8.52. The molecule has 1 heterocycles. The third-order valence-electron chi connectivity index (χ3n) is 3.72. The van der Waals surface area contributed by atoms with E-state index in [-0.39, 0.29) is 6.61 Å². The second-order valence-electron chi connectivity index (χ2n) is 5.55. The molecule has 4 heteroatoms. The molecule has 0 spiro atoms. The maximum Gasteiger partial charge on any atom is 0.233 e. The minimum atomic E-state index is 0.243. The number of rotatable bonds is 6. The number of hydrogen-bond acceptors (Lipinski definition) is 4. The van der Waals surface area contributed by atoms with Crippen molar-refractivity contribution < 1.29 is 9.15 Å². The Hall–Kier alpha value is -3.58. The summed E-state index contributed by atoms with van der Waals surface area (Å²) in [5.41, 5.74) is 2.77. The van der Waals surface area contributed by atoms with Crippen molar-refractivity contribution in [3.05, 3.63) is 90.0 Å². The van der Waals surface area contributed by atoms with E-state index in [1.54, 1.807) is 12.2 Å². The Morgan fingerprint density at radius 1 is 1.08 bits per heavy atom. The van der Waals surface area contributed by atoms with Crippen molar-refractivity contribution in [2.24, 2.45) is 0 Å². The molecule has 0 saturated heterocycles. The van der Waals surface area contributed by atoms with Crippen LogP contribution in [0.4, 0.5) is 0 Å². The Morgan fingerprint density at radius 3 is 2.65 bits per heavy atom. The van der Waals surface area contributed by atoms with Gasteiger partial charge in [0.2, 0.25) is 5.89 Å². The van der Waals surface area contributed by atoms with Gasteiger partial charge in [-0.3, -0.25) is 0 Å². The van der Waals surface area contributed by atoms with Crippen LogP contribution in [0.25, 0.3) is 17.3 Å². The zero-order valence-corrected chi connectivity index (χ0v) is 14.4. The highest BCUT2D eigenvalue weighted by molar-refractivity contribution is 5.61. The molecule has 0 radical (unpaired) electrons. The third-order valence-corrected chi connectivity index (χ3v) is 3.72. The zero-order valence-electron chi connectivity index (χ0n) is 14.4. The van der Waals surface area contributed by atoms with Crippen LogP contribution in [-0.4, -0.2) is 4.98 Å². The number of ether oxygens (including phenoxy) is 1. The van der Waals surface area contributed by atoms with Crippen LogP contribution in [0.5, 0.6) is 5.75 Å². The molecule has 0 aliphatic rings. The Balaban J connectivity index is 1.73. The van der Waals surface area contributed by atoms with Gasteiger partial charge < -0.3 is 9.15 Å². The Morgan fingerprint density at radius 2 is 1.85 bits per heavy atom. The first kappa shape index (κ1) is 17.2. The Kier molecular flexibility index (Phi) is 5.64. The molecule has 3 rings (SSSR count). The molecule has 3 aromatic rings. The van der Waals surface area contributed by atoms with E-state index in [9.17, 15) is 0 Å². The molecule has 4 nitrogen and oxygen atoms in total. The van der Waals surface area contributed by atoms with Gasteiger partial charge in [0, 0.05) is 17.2 Å². The minimum Gasteiger partial charge on any atom is -0.483 e. The van der Waals surface area contributed by atoms with Gasteiger partial charge >= 0.3 is 0 Å². The largest absolute Gasteiger partial charge is 0.483 e. The molecule has 0 unspecified atom stereocenters. The number of aryl methyl sites for hydroxylation is 1. The molecule has 26 heavy (non-hydrogen) atoms. The number of allylic oxidation sites excluding steroid dienone is 3. The predicted molar refractivity (Wildman–Crippen MR) is 101 cm³/mol. The average molecular weight is 342 g/mol. The van der Waals surface area contributed by atoms with Crippen LogP contribution >= 0.6 is 0 Å². The minimum absolute atomic E-state index is 0.243. The number of hydrogen-bond donors (Lipinski definition) is 0. The fourth-order valence-corrected chi connectivity index (χ4v) is 2.52. The Labute approximate surface area is 152 Å². The molecule has 0 fully saturated rings. The molecule has 128 valence electrons. The summed E-state index contributed by atoms with van der Waals surface area (Å²) in [5, 5.41) is 8.52. The van der Waals surface area contributed by atoms with Crippen LogP contribution < -0.4 is 4.74 Å². The van der Waals surface area contributed by atoms with Crippen molar-refractivity contribution in [3.63, 3.8) is 0 Å². The molecule has 0 saturated carbocycles. The summed E-state index contributed by atoms with van der Waals surface area (Å²) >= 11 is 0. The van der Waals surface area contributed by atoms with Gasteiger partial charge in [0.25, 0.3) is 0 Å². The summed E-state index contributed by atoms with van der Waals surface area (Å²) in [6.07, 6.45) is 6.79. The van der Waals surface area contributed by atoms with Gasteiger partial charge in [-0.05, 0) is 13.0 Å². The van der Waals surface area contributed by atoms with E-state index in [4.69, 9.17) is 14.4 Å². The standard InChI is InChI=1S/C22H18N2O2/c1-17-22(19-12-4-2-5-13-19)24-21(26-17)16-25-20-14-8-7-11-18(20)10-6-3-9-15-23/h2-14H,16H2,1H3. The van der Waals surface area contributed by atoms with Crippen molar-refractivity contribution in [1.82, 2.24) is 4.98 Å². The smallest absolute Gasteiger partial charge is 0.233 e. The molecule has 0 atom stereocenters. The van der Waals surface area contributed by atoms with E-state index < -0.39 is 0 Å². The number of oxazole rings is 1. The van der Waals surface area contributed by atoms with Crippen molar-refractivity contribution in [2.45, 2.75) is 13.5 Å². The fourth-order valence-electron chi connectivity index (χ4n) is 2.52. The highest BCUT2D eigenvalue weighted by Crippen LogP contribution is 2.25. The normalized spacial score (nSPS) is 11.1. The van der Waals surface area contributed by atoms with E-state index in [1.165, 1.54) is 6.08 Å². The average Bonchev–Trinajstić information content (AvgIpc) is 3.06. The number of nitriles is 1. The van der Waals surface area contributed by atoms with Crippen LogP contribution in [0, 0.1) is 18.3 Å². The zero-order chi connectivity index (χ0) is 18.2. The summed E-state index contributed by atoms with van der Waals surface area (Å²) in [4.78, 5) is 4.55. The summed E-state index contributed by atoms with van der Waals surface area (Å²) in [5.74, 6) is 2.03. The second kappa shape index (κ2) is 8.50. The van der Waals surface area contributed by atoms with Crippen molar-refractivity contribution in [1.29, 1.82) is 5.26 Å². The number of benzene rings is 2. The third kappa shape index (κ3) is 4.28. The summed E-state index contributed by atoms with van der Waals surface area (Å²) in [7, 11) is 0. The van der Waals surface area contributed by atoms with Gasteiger partial charge in [-0.1, -0.05) is 66.8 Å². The molecular weight excluding hydrogens is 324 g/mol. The van der Waals surface area contributed by atoms with E-state index >= 15 is 0 Å². The van der Waals surface area contributed by atoms with Crippen LogP contribution in [0.2, 0.25) is 0 Å². The lowest BCUT2D eigenvalue weighted by Gasteiger charge is -2.06. The lowest BCUT2D eigenvalue weighted by molar-refractivity contribution is 0.260. The van der Waals surface area contributed by atoms with E-state index in [2.05, 4.69) is 4.98 Å². The predicted octanol–water partition coefficient (Wildman–Crippen LogP) is 5.32.